The number of benzene rings is 1. The van der Waals surface area contributed by atoms with Crippen molar-refractivity contribution in [3.8, 4) is 5.75 Å². The minimum Gasteiger partial charge on any atom is -0.491 e. The largest absolute Gasteiger partial charge is 0.491 e. The van der Waals surface area contributed by atoms with Crippen LogP contribution < -0.4 is 10.1 Å². The van der Waals surface area contributed by atoms with Crippen LogP contribution in [0.4, 0.5) is 4.39 Å². The molecule has 3 atom stereocenters. The highest BCUT2D eigenvalue weighted by Gasteiger charge is 2.21. The van der Waals surface area contributed by atoms with Gasteiger partial charge in [0.1, 0.15) is 24.3 Å². The highest BCUT2D eigenvalue weighted by atomic mass is 32.2. The van der Waals surface area contributed by atoms with Gasteiger partial charge in [0.25, 0.3) is 0 Å². The number of hydrogen-bond donors (Lipinski definition) is 2. The van der Waals surface area contributed by atoms with Crippen molar-refractivity contribution in [3.63, 3.8) is 0 Å². The molecule has 1 aromatic carbocycles. The predicted octanol–water partition coefficient (Wildman–Crippen LogP) is 2.83. The summed E-state index contributed by atoms with van der Waals surface area (Å²) in [6.07, 6.45) is 6.53. The highest BCUT2D eigenvalue weighted by Crippen LogP contribution is 2.26. The molecule has 3 nitrogen and oxygen atoms in total. The van der Waals surface area contributed by atoms with Crippen molar-refractivity contribution >= 4 is 11.8 Å². The molecular formula is C16H24FNO2S. The molecule has 2 rings (SSSR count). The fourth-order valence-corrected chi connectivity index (χ4v) is 3.46. The monoisotopic (exact) mass is 313 g/mol. The third kappa shape index (κ3) is 5.85. The van der Waals surface area contributed by atoms with Crippen molar-refractivity contribution in [2.24, 2.45) is 0 Å². The number of thioether (sulfide) groups is 1. The van der Waals surface area contributed by atoms with Crippen molar-refractivity contribution in [2.75, 3.05) is 19.4 Å². The molecule has 0 aliphatic heterocycles. The summed E-state index contributed by atoms with van der Waals surface area (Å²) in [6.45, 7) is 0.754. The Morgan fingerprint density at radius 3 is 2.86 bits per heavy atom. The van der Waals surface area contributed by atoms with Crippen LogP contribution in [-0.2, 0) is 0 Å². The zero-order chi connectivity index (χ0) is 15.1. The molecule has 1 aliphatic rings. The summed E-state index contributed by atoms with van der Waals surface area (Å²) in [5.74, 6) is 0.292. The van der Waals surface area contributed by atoms with Crippen LogP contribution in [-0.4, -0.2) is 41.9 Å². The van der Waals surface area contributed by atoms with Gasteiger partial charge < -0.3 is 15.2 Å². The molecular weight excluding hydrogens is 289 g/mol. The summed E-state index contributed by atoms with van der Waals surface area (Å²) in [6, 6.07) is 6.34. The molecule has 1 saturated carbocycles. The molecule has 21 heavy (non-hydrogen) atoms. The van der Waals surface area contributed by atoms with E-state index in [1.165, 1.54) is 37.8 Å². The first-order chi connectivity index (χ1) is 10.2. The molecule has 0 aromatic heterocycles. The summed E-state index contributed by atoms with van der Waals surface area (Å²) >= 11 is 1.93. The minimum absolute atomic E-state index is 0.220. The van der Waals surface area contributed by atoms with Crippen molar-refractivity contribution < 1.29 is 14.2 Å². The smallest absolute Gasteiger partial charge is 0.123 e. The Balaban J connectivity index is 1.65. The molecule has 1 aromatic rings. The lowest BCUT2D eigenvalue weighted by Crippen LogP contribution is -2.41. The van der Waals surface area contributed by atoms with Gasteiger partial charge in [-0.3, -0.25) is 0 Å². The molecule has 118 valence electrons. The maximum absolute atomic E-state index is 12.8. The average molecular weight is 313 g/mol. The van der Waals surface area contributed by atoms with Gasteiger partial charge in [0.2, 0.25) is 0 Å². The molecule has 0 radical (unpaired) electrons. The normalized spacial score (nSPS) is 23.8. The van der Waals surface area contributed by atoms with Gasteiger partial charge in [0, 0.05) is 17.8 Å². The van der Waals surface area contributed by atoms with Crippen LogP contribution in [0.25, 0.3) is 0 Å². The summed E-state index contributed by atoms with van der Waals surface area (Å²) in [5.41, 5.74) is 0. The molecule has 0 bridgehead atoms. The topological polar surface area (TPSA) is 41.5 Å². The van der Waals surface area contributed by atoms with Gasteiger partial charge in [0.05, 0.1) is 0 Å². The van der Waals surface area contributed by atoms with Gasteiger partial charge in [-0.2, -0.15) is 11.8 Å². The van der Waals surface area contributed by atoms with Crippen molar-refractivity contribution in [1.82, 2.24) is 5.32 Å². The lowest BCUT2D eigenvalue weighted by Gasteiger charge is -2.29. The van der Waals surface area contributed by atoms with E-state index in [2.05, 4.69) is 11.6 Å². The molecule has 0 amide bonds. The SMILES string of the molecule is CSC1CCCC(NCC(O)COc2ccc(F)cc2)C1. The lowest BCUT2D eigenvalue weighted by atomic mass is 9.95. The average Bonchev–Trinajstić information content (AvgIpc) is 2.52. The summed E-state index contributed by atoms with van der Waals surface area (Å²) in [5, 5.41) is 14.1. The molecule has 0 heterocycles. The van der Waals surface area contributed by atoms with Crippen LogP contribution in [0.15, 0.2) is 24.3 Å². The molecule has 5 heteroatoms. The zero-order valence-electron chi connectivity index (χ0n) is 12.4. The van der Waals surface area contributed by atoms with Gasteiger partial charge in [-0.1, -0.05) is 6.42 Å². The number of aliphatic hydroxyl groups excluding tert-OH is 1. The first-order valence-electron chi connectivity index (χ1n) is 7.50. The number of nitrogens with one attached hydrogen (secondary N) is 1. The van der Waals surface area contributed by atoms with E-state index in [1.54, 1.807) is 12.1 Å². The van der Waals surface area contributed by atoms with Gasteiger partial charge in [-0.25, -0.2) is 4.39 Å². The molecule has 3 unspecified atom stereocenters. The summed E-state index contributed by atoms with van der Waals surface area (Å²) in [7, 11) is 0. The quantitative estimate of drug-likeness (QED) is 0.812. The van der Waals surface area contributed by atoms with E-state index >= 15 is 0 Å². The van der Waals surface area contributed by atoms with E-state index in [9.17, 15) is 9.50 Å². The third-order valence-corrected chi connectivity index (χ3v) is 4.95. The fraction of sp³-hybridized carbons (Fsp3) is 0.625. The Hall–Kier alpha value is -0.780. The van der Waals surface area contributed by atoms with Gasteiger partial charge in [-0.15, -0.1) is 0 Å². The summed E-state index contributed by atoms with van der Waals surface area (Å²) < 4.78 is 18.2. The number of halogens is 1. The number of hydrogen-bond acceptors (Lipinski definition) is 4. The Morgan fingerprint density at radius 1 is 1.38 bits per heavy atom. The van der Waals surface area contributed by atoms with Crippen molar-refractivity contribution in [3.05, 3.63) is 30.1 Å². The molecule has 0 saturated heterocycles. The van der Waals surface area contributed by atoms with Crippen LogP contribution in [0.3, 0.4) is 0 Å². The van der Waals surface area contributed by atoms with Crippen LogP contribution in [0, 0.1) is 5.82 Å². The Morgan fingerprint density at radius 2 is 2.14 bits per heavy atom. The molecule has 1 aliphatic carbocycles. The summed E-state index contributed by atoms with van der Waals surface area (Å²) in [4.78, 5) is 0. The van der Waals surface area contributed by atoms with Gasteiger partial charge in [0.15, 0.2) is 0 Å². The number of rotatable bonds is 7. The predicted molar refractivity (Wildman–Crippen MR) is 85.5 cm³/mol. The third-order valence-electron chi connectivity index (χ3n) is 3.86. The maximum atomic E-state index is 12.8. The maximum Gasteiger partial charge on any atom is 0.123 e. The van der Waals surface area contributed by atoms with Crippen LogP contribution in [0.2, 0.25) is 0 Å². The van der Waals surface area contributed by atoms with Crippen molar-refractivity contribution in [2.45, 2.75) is 43.1 Å². The number of aliphatic hydroxyl groups is 1. The highest BCUT2D eigenvalue weighted by molar-refractivity contribution is 7.99. The Kier molecular flexibility index (Phi) is 6.80. The first-order valence-corrected chi connectivity index (χ1v) is 8.78. The second-order valence-electron chi connectivity index (χ2n) is 5.55. The first kappa shape index (κ1) is 16.6. The van der Waals surface area contributed by atoms with E-state index in [0.717, 1.165) is 5.25 Å². The van der Waals surface area contributed by atoms with Gasteiger partial charge in [-0.05, 0) is 49.8 Å². The van der Waals surface area contributed by atoms with E-state index in [1.807, 2.05) is 11.8 Å². The van der Waals surface area contributed by atoms with Crippen LogP contribution in [0.5, 0.6) is 5.75 Å². The fourth-order valence-electron chi connectivity index (χ4n) is 2.63. The molecule has 1 fully saturated rings. The Bertz CT molecular complexity index is 415. The van der Waals surface area contributed by atoms with E-state index in [0.29, 0.717) is 18.3 Å². The second-order valence-corrected chi connectivity index (χ2v) is 6.69. The molecule has 2 N–H and O–H groups in total. The molecule has 0 spiro atoms. The zero-order valence-corrected chi connectivity index (χ0v) is 13.2. The van der Waals surface area contributed by atoms with Crippen molar-refractivity contribution in [1.29, 1.82) is 0 Å². The van der Waals surface area contributed by atoms with E-state index in [4.69, 9.17) is 4.74 Å². The van der Waals surface area contributed by atoms with E-state index < -0.39 is 6.10 Å². The Labute approximate surface area is 130 Å². The van der Waals surface area contributed by atoms with Crippen LogP contribution >= 0.6 is 11.8 Å². The standard InChI is InChI=1S/C16H24FNO2S/c1-21-16-4-2-3-13(9-16)18-10-14(19)11-20-15-7-5-12(17)6-8-15/h5-8,13-14,16,18-19H,2-4,9-11H2,1H3. The minimum atomic E-state index is -0.551. The number of ether oxygens (including phenoxy) is 1. The van der Waals surface area contributed by atoms with Gasteiger partial charge >= 0.3 is 0 Å². The second kappa shape index (κ2) is 8.61. The van der Waals surface area contributed by atoms with Crippen LogP contribution in [0.1, 0.15) is 25.7 Å². The van der Waals surface area contributed by atoms with E-state index in [-0.39, 0.29) is 12.4 Å². The lowest BCUT2D eigenvalue weighted by molar-refractivity contribution is 0.102.